The topological polar surface area (TPSA) is 133 Å². The summed E-state index contributed by atoms with van der Waals surface area (Å²) in [4.78, 5) is 46.6. The summed E-state index contributed by atoms with van der Waals surface area (Å²) >= 11 is 0.367. The number of piperidine rings is 2. The van der Waals surface area contributed by atoms with Crippen molar-refractivity contribution in [3.63, 3.8) is 0 Å². The number of rotatable bonds is 13. The SMILES string of the molecule is CCCC1N(C(=O)c2cnccc2C(F)(F)F)CCCC1(Oc1csc(C(F)(F)F)c1)C(=O)N1CCC(C#N)(c2ccccc2OC(C)CCC2(C(=O)O)CCC2)CC1. The molecule has 318 valence electrons. The minimum absolute atomic E-state index is 0.00752. The number of benzene rings is 1. The van der Waals surface area contributed by atoms with E-state index < -0.39 is 68.6 Å². The number of nitrogens with zero attached hydrogens (tertiary/aromatic N) is 4. The van der Waals surface area contributed by atoms with E-state index >= 15 is 4.79 Å². The van der Waals surface area contributed by atoms with Crippen molar-refractivity contribution in [1.82, 2.24) is 14.8 Å². The number of carboxylic acids is 1. The van der Waals surface area contributed by atoms with Crippen molar-refractivity contribution in [1.29, 1.82) is 5.26 Å². The maximum atomic E-state index is 15.1. The Morgan fingerprint density at radius 2 is 1.73 bits per heavy atom. The van der Waals surface area contributed by atoms with Crippen LogP contribution in [0.5, 0.6) is 11.5 Å². The van der Waals surface area contributed by atoms with Gasteiger partial charge in [0.15, 0.2) is 0 Å². The Bertz CT molecular complexity index is 2050. The highest BCUT2D eigenvalue weighted by molar-refractivity contribution is 7.10. The quantitative estimate of drug-likeness (QED) is 0.168. The predicted octanol–water partition coefficient (Wildman–Crippen LogP) is 9.29. The van der Waals surface area contributed by atoms with Crippen LogP contribution in [-0.2, 0) is 27.4 Å². The lowest BCUT2D eigenvalue weighted by Gasteiger charge is -2.51. The van der Waals surface area contributed by atoms with Gasteiger partial charge >= 0.3 is 18.3 Å². The summed E-state index contributed by atoms with van der Waals surface area (Å²) < 4.78 is 96.4. The standard InChI is InChI=1S/C42H46F6N4O6S/c1-3-8-33-40(58-28-23-34(59-25-28)42(46,47)48,15-7-20-52(33)35(53)29-24-50-19-12-30(29)41(43,44)45)36(54)51-21-17-39(26-49,18-22-51)31-9-4-5-10-32(31)57-27(2)11-16-38(37(55)56)13-6-14-38/h4-5,9-10,12,19,23-25,27,33H,3,6-8,11,13-18,20-22H2,1-2H3,(H,55,56). The molecule has 2 saturated heterocycles. The van der Waals surface area contributed by atoms with E-state index in [0.29, 0.717) is 60.8 Å². The Balaban J connectivity index is 1.29. The summed E-state index contributed by atoms with van der Waals surface area (Å²) in [5.41, 5.74) is -5.22. The second-order valence-electron chi connectivity index (χ2n) is 15.9. The lowest BCUT2D eigenvalue weighted by molar-refractivity contribution is -0.160. The first kappa shape index (κ1) is 43.7. The molecule has 59 heavy (non-hydrogen) atoms. The average molecular weight is 849 g/mol. The summed E-state index contributed by atoms with van der Waals surface area (Å²) in [7, 11) is 0. The molecule has 10 nitrogen and oxygen atoms in total. The molecule has 1 N–H and O–H groups in total. The van der Waals surface area contributed by atoms with Crippen LogP contribution in [0.3, 0.4) is 0 Å². The predicted molar refractivity (Wildman–Crippen MR) is 204 cm³/mol. The highest BCUT2D eigenvalue weighted by Crippen LogP contribution is 2.47. The molecule has 6 rings (SSSR count). The normalized spacial score (nSPS) is 22.1. The summed E-state index contributed by atoms with van der Waals surface area (Å²) in [5.74, 6) is -2.31. The molecular formula is C42H46F6N4O6S. The van der Waals surface area contributed by atoms with E-state index in [1.165, 1.54) is 4.90 Å². The molecule has 3 fully saturated rings. The van der Waals surface area contributed by atoms with Gasteiger partial charge in [-0.05, 0) is 70.4 Å². The third-order valence-corrected chi connectivity index (χ3v) is 13.2. The van der Waals surface area contributed by atoms with Gasteiger partial charge in [0.25, 0.3) is 11.8 Å². The first-order valence-electron chi connectivity index (χ1n) is 19.8. The van der Waals surface area contributed by atoms with Gasteiger partial charge < -0.3 is 24.4 Å². The monoisotopic (exact) mass is 848 g/mol. The Kier molecular flexibility index (Phi) is 12.6. The van der Waals surface area contributed by atoms with Crippen LogP contribution < -0.4 is 9.47 Å². The fourth-order valence-electron chi connectivity index (χ4n) is 8.80. The Morgan fingerprint density at radius 1 is 1.02 bits per heavy atom. The molecule has 3 atom stereocenters. The van der Waals surface area contributed by atoms with Crippen molar-refractivity contribution in [3.05, 3.63) is 75.7 Å². The van der Waals surface area contributed by atoms with Crippen molar-refractivity contribution in [2.45, 2.75) is 120 Å². The molecule has 3 aliphatic rings. The van der Waals surface area contributed by atoms with Crippen molar-refractivity contribution in [2.24, 2.45) is 5.41 Å². The van der Waals surface area contributed by atoms with Crippen molar-refractivity contribution < 1.29 is 55.3 Å². The van der Waals surface area contributed by atoms with Gasteiger partial charge in [0.05, 0.1) is 40.2 Å². The minimum Gasteiger partial charge on any atom is -0.490 e. The molecule has 2 aliphatic heterocycles. The van der Waals surface area contributed by atoms with Crippen LogP contribution >= 0.6 is 11.3 Å². The number of hydrogen-bond donors (Lipinski definition) is 1. The zero-order valence-corrected chi connectivity index (χ0v) is 33.5. The largest absolute Gasteiger partial charge is 0.490 e. The Hall–Kier alpha value is -4.85. The molecule has 4 heterocycles. The number of aliphatic carboxylic acids is 1. The number of hydrogen-bond acceptors (Lipinski definition) is 8. The van der Waals surface area contributed by atoms with E-state index in [1.807, 2.05) is 6.92 Å². The number of pyridine rings is 1. The molecule has 1 aromatic carbocycles. The van der Waals surface area contributed by atoms with E-state index in [0.717, 1.165) is 35.2 Å². The molecular weight excluding hydrogens is 803 g/mol. The van der Waals surface area contributed by atoms with E-state index in [-0.39, 0.29) is 63.6 Å². The number of carbonyl (C=O) groups excluding carboxylic acids is 2. The fourth-order valence-corrected chi connectivity index (χ4v) is 9.47. The van der Waals surface area contributed by atoms with Gasteiger partial charge in [-0.1, -0.05) is 38.0 Å². The lowest BCUT2D eigenvalue weighted by atomic mass is 9.66. The summed E-state index contributed by atoms with van der Waals surface area (Å²) in [6, 6.07) is 9.78. The van der Waals surface area contributed by atoms with Gasteiger partial charge in [0, 0.05) is 55.5 Å². The number of thiophene rings is 1. The van der Waals surface area contributed by atoms with Crippen LogP contribution in [0.15, 0.2) is 54.2 Å². The van der Waals surface area contributed by atoms with Gasteiger partial charge in [-0.2, -0.15) is 31.6 Å². The molecule has 17 heteroatoms. The molecule has 2 aromatic heterocycles. The third-order valence-electron chi connectivity index (χ3n) is 12.2. The number of alkyl halides is 6. The molecule has 1 aliphatic carbocycles. The molecule has 2 amide bonds. The maximum absolute atomic E-state index is 15.1. The van der Waals surface area contributed by atoms with Gasteiger partial charge in [-0.3, -0.25) is 19.4 Å². The molecule has 1 saturated carbocycles. The number of amides is 2. The minimum atomic E-state index is -4.90. The summed E-state index contributed by atoms with van der Waals surface area (Å²) in [5, 5.41) is 21.6. The highest BCUT2D eigenvalue weighted by Gasteiger charge is 2.57. The van der Waals surface area contributed by atoms with Crippen LogP contribution in [0.1, 0.15) is 111 Å². The fraction of sp³-hybridized carbons (Fsp3) is 0.548. The number of nitriles is 1. The van der Waals surface area contributed by atoms with E-state index in [1.54, 1.807) is 31.2 Å². The third kappa shape index (κ3) is 8.74. The zero-order chi connectivity index (χ0) is 42.8. The van der Waals surface area contributed by atoms with Crippen molar-refractivity contribution in [3.8, 4) is 17.6 Å². The zero-order valence-electron chi connectivity index (χ0n) is 32.7. The Morgan fingerprint density at radius 3 is 2.32 bits per heavy atom. The number of para-hydroxylation sites is 1. The molecule has 0 bridgehead atoms. The number of carbonyl (C=O) groups is 3. The number of halogens is 6. The lowest BCUT2D eigenvalue weighted by Crippen LogP contribution is -2.68. The van der Waals surface area contributed by atoms with Crippen LogP contribution in [-0.4, -0.2) is 75.1 Å². The van der Waals surface area contributed by atoms with Crippen LogP contribution in [0, 0.1) is 16.7 Å². The number of ether oxygens (including phenoxy) is 2. The molecule has 0 radical (unpaired) electrons. The van der Waals surface area contributed by atoms with Gasteiger partial charge in [0.2, 0.25) is 5.60 Å². The van der Waals surface area contributed by atoms with E-state index in [2.05, 4.69) is 11.1 Å². The average Bonchev–Trinajstić information content (AvgIpc) is 3.67. The molecule has 0 spiro atoms. The van der Waals surface area contributed by atoms with E-state index in [4.69, 9.17) is 9.47 Å². The Labute approximate surface area is 342 Å². The van der Waals surface area contributed by atoms with Gasteiger partial charge in [-0.25, -0.2) is 0 Å². The van der Waals surface area contributed by atoms with Crippen LogP contribution in [0.4, 0.5) is 26.3 Å². The second-order valence-corrected chi connectivity index (χ2v) is 16.8. The van der Waals surface area contributed by atoms with E-state index in [9.17, 15) is 46.3 Å². The number of likely N-dealkylation sites (tertiary alicyclic amines) is 2. The molecule has 3 unspecified atom stereocenters. The number of carboxylic acid groups (broad SMARTS) is 1. The maximum Gasteiger partial charge on any atom is 0.425 e. The van der Waals surface area contributed by atoms with Crippen molar-refractivity contribution in [2.75, 3.05) is 19.6 Å². The van der Waals surface area contributed by atoms with Crippen LogP contribution in [0.2, 0.25) is 0 Å². The van der Waals surface area contributed by atoms with Crippen LogP contribution in [0.25, 0.3) is 0 Å². The molecule has 3 aromatic rings. The second kappa shape index (κ2) is 17.0. The summed E-state index contributed by atoms with van der Waals surface area (Å²) in [6.45, 7) is 3.57. The number of aromatic nitrogens is 1. The summed E-state index contributed by atoms with van der Waals surface area (Å²) in [6.07, 6.45) is -4.52. The van der Waals surface area contributed by atoms with Crippen molar-refractivity contribution >= 4 is 29.1 Å². The van der Waals surface area contributed by atoms with Gasteiger partial charge in [-0.15, -0.1) is 11.3 Å². The van der Waals surface area contributed by atoms with Gasteiger partial charge in [0.1, 0.15) is 16.4 Å². The smallest absolute Gasteiger partial charge is 0.425 e. The highest BCUT2D eigenvalue weighted by atomic mass is 32.1. The first-order valence-corrected chi connectivity index (χ1v) is 20.6. The first-order chi connectivity index (χ1) is 27.9.